The Kier molecular flexibility index (Phi) is 7.30. The number of carboxylic acid groups (broad SMARTS) is 1. The zero-order valence-electron chi connectivity index (χ0n) is 16.6. The number of hydrogen-bond acceptors (Lipinski definition) is 4. The van der Waals surface area contributed by atoms with Crippen molar-refractivity contribution in [1.82, 2.24) is 10.6 Å². The molecule has 0 spiro atoms. The summed E-state index contributed by atoms with van der Waals surface area (Å²) in [5.41, 5.74) is 0.498. The molecule has 0 radical (unpaired) electrons. The Morgan fingerprint density at radius 3 is 2.38 bits per heavy atom. The van der Waals surface area contributed by atoms with Gasteiger partial charge in [-0.2, -0.15) is 0 Å². The molecular formula is C20H26FN3O5. The number of hydrogen-bond donors (Lipinski definition) is 3. The predicted octanol–water partition coefficient (Wildman–Crippen LogP) is 1.30. The number of aliphatic carboxylic acids is 1. The fourth-order valence-corrected chi connectivity index (χ4v) is 3.09. The average Bonchev–Trinajstić information content (AvgIpc) is 3.07. The van der Waals surface area contributed by atoms with Crippen LogP contribution in [0.25, 0.3) is 0 Å². The molecule has 3 N–H and O–H groups in total. The van der Waals surface area contributed by atoms with E-state index >= 15 is 0 Å². The van der Waals surface area contributed by atoms with E-state index in [2.05, 4.69) is 10.6 Å². The quantitative estimate of drug-likeness (QED) is 0.601. The summed E-state index contributed by atoms with van der Waals surface area (Å²) in [5, 5.41) is 14.0. The molecule has 8 nitrogen and oxygen atoms in total. The van der Waals surface area contributed by atoms with Crippen LogP contribution in [0.3, 0.4) is 0 Å². The van der Waals surface area contributed by atoms with E-state index in [-0.39, 0.29) is 24.8 Å². The van der Waals surface area contributed by atoms with Gasteiger partial charge < -0.3 is 20.6 Å². The van der Waals surface area contributed by atoms with E-state index in [9.17, 15) is 23.6 Å². The molecule has 1 fully saturated rings. The van der Waals surface area contributed by atoms with Crippen molar-refractivity contribution in [1.29, 1.82) is 0 Å². The number of nitrogens with one attached hydrogen (secondary N) is 2. The molecule has 1 heterocycles. The largest absolute Gasteiger partial charge is 0.480 e. The van der Waals surface area contributed by atoms with E-state index in [1.807, 2.05) is 6.92 Å². The molecule has 3 amide bonds. The van der Waals surface area contributed by atoms with Gasteiger partial charge in [0.15, 0.2) is 0 Å². The van der Waals surface area contributed by atoms with Gasteiger partial charge in [0, 0.05) is 18.7 Å². The van der Waals surface area contributed by atoms with Crippen LogP contribution in [0.5, 0.6) is 0 Å². The van der Waals surface area contributed by atoms with Crippen molar-refractivity contribution < 1.29 is 28.7 Å². The van der Waals surface area contributed by atoms with E-state index in [4.69, 9.17) is 5.11 Å². The van der Waals surface area contributed by atoms with Crippen LogP contribution in [0.4, 0.5) is 10.1 Å². The average molecular weight is 407 g/mol. The first-order valence-corrected chi connectivity index (χ1v) is 9.53. The maximum atomic E-state index is 13.1. The Morgan fingerprint density at radius 2 is 1.83 bits per heavy atom. The maximum absolute atomic E-state index is 13.1. The summed E-state index contributed by atoms with van der Waals surface area (Å²) in [7, 11) is 0. The van der Waals surface area contributed by atoms with Crippen molar-refractivity contribution in [3.8, 4) is 0 Å². The van der Waals surface area contributed by atoms with Crippen LogP contribution < -0.4 is 15.5 Å². The van der Waals surface area contributed by atoms with E-state index < -0.39 is 41.6 Å². The highest BCUT2D eigenvalue weighted by atomic mass is 19.1. The summed E-state index contributed by atoms with van der Waals surface area (Å²) < 4.78 is 13.1. The normalized spacial score (nSPS) is 19.4. The minimum atomic E-state index is -1.18. The van der Waals surface area contributed by atoms with Gasteiger partial charge in [0.1, 0.15) is 17.9 Å². The van der Waals surface area contributed by atoms with Gasteiger partial charge in [0.05, 0.1) is 5.92 Å². The predicted molar refractivity (Wildman–Crippen MR) is 103 cm³/mol. The van der Waals surface area contributed by atoms with Crippen LogP contribution in [0, 0.1) is 17.7 Å². The van der Waals surface area contributed by atoms with Crippen LogP contribution in [-0.2, 0) is 19.2 Å². The smallest absolute Gasteiger partial charge is 0.325 e. The van der Waals surface area contributed by atoms with Gasteiger partial charge >= 0.3 is 5.97 Å². The van der Waals surface area contributed by atoms with Crippen molar-refractivity contribution in [2.75, 3.05) is 11.4 Å². The van der Waals surface area contributed by atoms with E-state index in [1.54, 1.807) is 6.92 Å². The highest BCUT2D eigenvalue weighted by Gasteiger charge is 2.37. The second-order valence-electron chi connectivity index (χ2n) is 7.32. The van der Waals surface area contributed by atoms with E-state index in [1.165, 1.54) is 36.1 Å². The fourth-order valence-electron chi connectivity index (χ4n) is 3.09. The molecule has 0 bridgehead atoms. The molecule has 1 aromatic carbocycles. The van der Waals surface area contributed by atoms with Crippen molar-refractivity contribution in [2.45, 2.75) is 45.7 Å². The van der Waals surface area contributed by atoms with Crippen LogP contribution >= 0.6 is 0 Å². The SMILES string of the molecule is CCC(C)[C@@H](NC(=O)C1CC(=O)N(c2ccc(F)cc2)C1)C(=O)N[C@H](C)C(=O)O. The van der Waals surface area contributed by atoms with Gasteiger partial charge in [-0.25, -0.2) is 4.39 Å². The van der Waals surface area contributed by atoms with Gasteiger partial charge in [-0.15, -0.1) is 0 Å². The third-order valence-corrected chi connectivity index (χ3v) is 5.16. The molecule has 9 heteroatoms. The fraction of sp³-hybridized carbons (Fsp3) is 0.500. The molecule has 0 aliphatic carbocycles. The van der Waals surface area contributed by atoms with Crippen molar-refractivity contribution in [2.24, 2.45) is 11.8 Å². The highest BCUT2D eigenvalue weighted by Crippen LogP contribution is 2.25. The zero-order valence-corrected chi connectivity index (χ0v) is 16.6. The van der Waals surface area contributed by atoms with E-state index in [0.717, 1.165) is 0 Å². The van der Waals surface area contributed by atoms with Crippen molar-refractivity contribution >= 4 is 29.4 Å². The number of nitrogens with zero attached hydrogens (tertiary/aromatic N) is 1. The first-order valence-electron chi connectivity index (χ1n) is 9.53. The lowest BCUT2D eigenvalue weighted by Crippen LogP contribution is -2.54. The summed E-state index contributed by atoms with van der Waals surface area (Å²) in [6, 6.07) is 3.41. The molecule has 1 saturated heterocycles. The number of carbonyl (C=O) groups excluding carboxylic acids is 3. The van der Waals surface area contributed by atoms with Gasteiger partial charge in [-0.1, -0.05) is 20.3 Å². The number of amides is 3. The molecule has 0 aromatic heterocycles. The Labute approximate surface area is 168 Å². The number of anilines is 1. The summed E-state index contributed by atoms with van der Waals surface area (Å²) in [4.78, 5) is 49.9. The second kappa shape index (κ2) is 9.49. The molecule has 2 unspecified atom stereocenters. The van der Waals surface area contributed by atoms with Gasteiger partial charge in [-0.05, 0) is 37.1 Å². The first-order chi connectivity index (χ1) is 13.6. The Morgan fingerprint density at radius 1 is 1.21 bits per heavy atom. The topological polar surface area (TPSA) is 116 Å². The number of carboxylic acids is 1. The van der Waals surface area contributed by atoms with Crippen LogP contribution in [0.2, 0.25) is 0 Å². The lowest BCUT2D eigenvalue weighted by Gasteiger charge is -2.26. The van der Waals surface area contributed by atoms with Crippen molar-refractivity contribution in [3.63, 3.8) is 0 Å². The highest BCUT2D eigenvalue weighted by molar-refractivity contribution is 6.01. The van der Waals surface area contributed by atoms with Crippen molar-refractivity contribution in [3.05, 3.63) is 30.1 Å². The molecule has 158 valence electrons. The summed E-state index contributed by atoms with van der Waals surface area (Å²) in [6.45, 7) is 5.09. The molecule has 1 aliphatic rings. The molecule has 1 aliphatic heterocycles. The number of rotatable bonds is 8. The molecule has 4 atom stereocenters. The maximum Gasteiger partial charge on any atom is 0.325 e. The monoisotopic (exact) mass is 407 g/mol. The van der Waals surface area contributed by atoms with Gasteiger partial charge in [0.25, 0.3) is 0 Å². The Bertz CT molecular complexity index is 783. The second-order valence-corrected chi connectivity index (χ2v) is 7.32. The zero-order chi connectivity index (χ0) is 21.7. The number of benzene rings is 1. The van der Waals surface area contributed by atoms with Crippen LogP contribution in [0.1, 0.15) is 33.6 Å². The van der Waals surface area contributed by atoms with Gasteiger partial charge in [-0.3, -0.25) is 19.2 Å². The molecule has 29 heavy (non-hydrogen) atoms. The van der Waals surface area contributed by atoms with Gasteiger partial charge in [0.2, 0.25) is 17.7 Å². The Balaban J connectivity index is 2.07. The third kappa shape index (κ3) is 5.52. The number of halogens is 1. The Hall–Kier alpha value is -2.97. The van der Waals surface area contributed by atoms with Crippen LogP contribution in [-0.4, -0.2) is 47.4 Å². The van der Waals surface area contributed by atoms with E-state index in [0.29, 0.717) is 12.1 Å². The molecule has 1 aromatic rings. The number of carbonyl (C=O) groups is 4. The summed E-state index contributed by atoms with van der Waals surface area (Å²) in [6.07, 6.45) is 0.564. The molecule has 2 rings (SSSR count). The van der Waals surface area contributed by atoms with Crippen LogP contribution in [0.15, 0.2) is 24.3 Å². The molecule has 0 saturated carbocycles. The third-order valence-electron chi connectivity index (χ3n) is 5.16. The minimum absolute atomic E-state index is 0.0242. The molecular weight excluding hydrogens is 381 g/mol. The summed E-state index contributed by atoms with van der Waals surface area (Å²) >= 11 is 0. The summed E-state index contributed by atoms with van der Waals surface area (Å²) in [5.74, 6) is -3.79. The lowest BCUT2D eigenvalue weighted by atomic mass is 9.96. The minimum Gasteiger partial charge on any atom is -0.480 e. The standard InChI is InChI=1S/C20H26FN3O5/c1-4-11(2)17(19(27)22-12(3)20(28)29)23-18(26)13-9-16(25)24(10-13)15-7-5-14(21)6-8-15/h5-8,11-13,17H,4,9-10H2,1-3H3,(H,22,27)(H,23,26)(H,28,29)/t11?,12-,13?,17-/m1/s1. The first kappa shape index (κ1) is 22.3. The lowest BCUT2D eigenvalue weighted by molar-refractivity contribution is -0.142.